The van der Waals surface area contributed by atoms with Crippen LogP contribution in [0, 0.1) is 19.8 Å². The van der Waals surface area contributed by atoms with Gasteiger partial charge in [-0.15, -0.1) is 0 Å². The van der Waals surface area contributed by atoms with E-state index in [4.69, 9.17) is 0 Å². The predicted molar refractivity (Wildman–Crippen MR) is 81.6 cm³/mol. The van der Waals surface area contributed by atoms with E-state index in [-0.39, 0.29) is 0 Å². The Morgan fingerprint density at radius 1 is 1.10 bits per heavy atom. The summed E-state index contributed by atoms with van der Waals surface area (Å²) >= 11 is 0. The molecule has 1 aromatic heterocycles. The zero-order valence-electron chi connectivity index (χ0n) is 12.8. The van der Waals surface area contributed by atoms with Crippen molar-refractivity contribution in [3.8, 4) is 0 Å². The van der Waals surface area contributed by atoms with Crippen molar-refractivity contribution >= 4 is 0 Å². The minimum Gasteiger partial charge on any atom is -0.312 e. The first-order valence-corrected chi connectivity index (χ1v) is 7.21. The van der Waals surface area contributed by atoms with Gasteiger partial charge in [-0.2, -0.15) is 5.10 Å². The Balaban J connectivity index is 1.93. The minimum absolute atomic E-state index is 0.688. The number of nitrogens with one attached hydrogen (secondary N) is 1. The van der Waals surface area contributed by atoms with Crippen LogP contribution >= 0.6 is 0 Å². The van der Waals surface area contributed by atoms with Crippen LogP contribution in [-0.2, 0) is 13.1 Å². The van der Waals surface area contributed by atoms with Gasteiger partial charge in [0.05, 0.1) is 6.54 Å². The summed E-state index contributed by atoms with van der Waals surface area (Å²) in [4.78, 5) is 4.32. The van der Waals surface area contributed by atoms with Gasteiger partial charge < -0.3 is 5.32 Å². The maximum Gasteiger partial charge on any atom is 0.147 e. The van der Waals surface area contributed by atoms with Crippen LogP contribution < -0.4 is 5.32 Å². The molecule has 2 rings (SSSR count). The first-order chi connectivity index (χ1) is 9.54. The molecule has 1 N–H and O–H groups in total. The van der Waals surface area contributed by atoms with Crippen molar-refractivity contribution in [2.75, 3.05) is 6.54 Å². The monoisotopic (exact) mass is 272 g/mol. The van der Waals surface area contributed by atoms with Gasteiger partial charge in [0.15, 0.2) is 0 Å². The van der Waals surface area contributed by atoms with Crippen LogP contribution in [0.15, 0.2) is 24.3 Å². The van der Waals surface area contributed by atoms with Gasteiger partial charge in [0.1, 0.15) is 11.6 Å². The quantitative estimate of drug-likeness (QED) is 0.879. The number of nitrogens with zero attached hydrogens (tertiary/aromatic N) is 3. The second kappa shape index (κ2) is 6.66. The molecule has 1 aromatic carbocycles. The molecule has 0 bridgehead atoms. The lowest BCUT2D eigenvalue weighted by Crippen LogP contribution is -2.18. The Hall–Kier alpha value is -1.68. The highest BCUT2D eigenvalue weighted by Crippen LogP contribution is 2.07. The molecular weight excluding hydrogens is 248 g/mol. The molecule has 4 heteroatoms. The van der Waals surface area contributed by atoms with Gasteiger partial charge in [0.2, 0.25) is 0 Å². The van der Waals surface area contributed by atoms with E-state index >= 15 is 0 Å². The van der Waals surface area contributed by atoms with E-state index in [0.29, 0.717) is 5.92 Å². The fraction of sp³-hybridized carbons (Fsp3) is 0.500. The SMILES string of the molecule is Cc1nc(C)n(Cc2ccc(CNCC(C)C)cc2)n1. The topological polar surface area (TPSA) is 42.7 Å². The lowest BCUT2D eigenvalue weighted by Gasteiger charge is -2.08. The van der Waals surface area contributed by atoms with Crippen molar-refractivity contribution in [3.63, 3.8) is 0 Å². The molecular formula is C16H24N4. The third-order valence-corrected chi connectivity index (χ3v) is 3.20. The van der Waals surface area contributed by atoms with Gasteiger partial charge in [0, 0.05) is 6.54 Å². The number of hydrogen-bond donors (Lipinski definition) is 1. The molecule has 0 unspecified atom stereocenters. The Bertz CT molecular complexity index is 540. The van der Waals surface area contributed by atoms with Crippen LogP contribution in [0.2, 0.25) is 0 Å². The van der Waals surface area contributed by atoms with E-state index in [2.05, 4.69) is 53.5 Å². The minimum atomic E-state index is 0.688. The number of hydrogen-bond acceptors (Lipinski definition) is 3. The highest BCUT2D eigenvalue weighted by Gasteiger charge is 2.03. The summed E-state index contributed by atoms with van der Waals surface area (Å²) in [7, 11) is 0. The summed E-state index contributed by atoms with van der Waals surface area (Å²) in [6.45, 7) is 11.1. The van der Waals surface area contributed by atoms with Crippen LogP contribution in [0.1, 0.15) is 36.6 Å². The van der Waals surface area contributed by atoms with Crippen LogP contribution in [0.3, 0.4) is 0 Å². The summed E-state index contributed by atoms with van der Waals surface area (Å²) < 4.78 is 1.95. The van der Waals surface area contributed by atoms with E-state index in [1.54, 1.807) is 0 Å². The molecule has 20 heavy (non-hydrogen) atoms. The summed E-state index contributed by atoms with van der Waals surface area (Å²) in [5.41, 5.74) is 2.58. The predicted octanol–water partition coefficient (Wildman–Crippen LogP) is 2.69. The molecule has 0 amide bonds. The van der Waals surface area contributed by atoms with Crippen LogP contribution in [0.4, 0.5) is 0 Å². The van der Waals surface area contributed by atoms with Crippen molar-refractivity contribution in [3.05, 3.63) is 47.0 Å². The molecule has 1 heterocycles. The zero-order valence-corrected chi connectivity index (χ0v) is 12.8. The molecule has 0 radical (unpaired) electrons. The van der Waals surface area contributed by atoms with Crippen LogP contribution in [0.25, 0.3) is 0 Å². The Morgan fingerprint density at radius 2 is 1.75 bits per heavy atom. The summed E-state index contributed by atoms with van der Waals surface area (Å²) in [5, 5.41) is 7.85. The maximum absolute atomic E-state index is 4.39. The van der Waals surface area contributed by atoms with E-state index in [1.807, 2.05) is 18.5 Å². The van der Waals surface area contributed by atoms with Crippen molar-refractivity contribution in [2.24, 2.45) is 5.92 Å². The molecule has 0 atom stereocenters. The smallest absolute Gasteiger partial charge is 0.147 e. The molecule has 4 nitrogen and oxygen atoms in total. The van der Waals surface area contributed by atoms with Crippen molar-refractivity contribution < 1.29 is 0 Å². The van der Waals surface area contributed by atoms with E-state index in [1.165, 1.54) is 11.1 Å². The molecule has 0 aliphatic rings. The molecule has 0 spiro atoms. The average Bonchev–Trinajstić information content (AvgIpc) is 2.69. The molecule has 2 aromatic rings. The third kappa shape index (κ3) is 4.17. The fourth-order valence-electron chi connectivity index (χ4n) is 2.15. The van der Waals surface area contributed by atoms with Gasteiger partial charge in [0.25, 0.3) is 0 Å². The molecule has 0 saturated heterocycles. The second-order valence-corrected chi connectivity index (χ2v) is 5.71. The average molecular weight is 272 g/mol. The van der Waals surface area contributed by atoms with Crippen LogP contribution in [-0.4, -0.2) is 21.3 Å². The maximum atomic E-state index is 4.39. The summed E-state index contributed by atoms with van der Waals surface area (Å²) in [5.74, 6) is 2.48. The van der Waals surface area contributed by atoms with Gasteiger partial charge in [-0.25, -0.2) is 9.67 Å². The van der Waals surface area contributed by atoms with E-state index < -0.39 is 0 Å². The van der Waals surface area contributed by atoms with Crippen molar-refractivity contribution in [1.29, 1.82) is 0 Å². The zero-order chi connectivity index (χ0) is 14.5. The van der Waals surface area contributed by atoms with E-state index in [9.17, 15) is 0 Å². The van der Waals surface area contributed by atoms with Gasteiger partial charge in [-0.1, -0.05) is 38.1 Å². The molecule has 108 valence electrons. The van der Waals surface area contributed by atoms with E-state index in [0.717, 1.165) is 31.3 Å². The molecule has 0 aliphatic carbocycles. The summed E-state index contributed by atoms with van der Waals surface area (Å²) in [6.07, 6.45) is 0. The van der Waals surface area contributed by atoms with Crippen LogP contribution in [0.5, 0.6) is 0 Å². The molecule has 0 fully saturated rings. The highest BCUT2D eigenvalue weighted by atomic mass is 15.3. The number of aryl methyl sites for hydroxylation is 2. The van der Waals surface area contributed by atoms with Gasteiger partial charge in [-0.05, 0) is 37.4 Å². The Kier molecular flexibility index (Phi) is 4.90. The first kappa shape index (κ1) is 14.7. The van der Waals surface area contributed by atoms with Crippen molar-refractivity contribution in [2.45, 2.75) is 40.8 Å². The number of aromatic nitrogens is 3. The number of benzene rings is 1. The Morgan fingerprint density at radius 3 is 2.30 bits per heavy atom. The Labute approximate surface area is 121 Å². The lowest BCUT2D eigenvalue weighted by molar-refractivity contribution is 0.552. The van der Waals surface area contributed by atoms with Gasteiger partial charge in [-0.3, -0.25) is 0 Å². The largest absolute Gasteiger partial charge is 0.312 e. The first-order valence-electron chi connectivity index (χ1n) is 7.21. The highest BCUT2D eigenvalue weighted by molar-refractivity contribution is 5.22. The van der Waals surface area contributed by atoms with Gasteiger partial charge >= 0.3 is 0 Å². The standard InChI is InChI=1S/C16H24N4/c1-12(2)9-17-10-15-5-7-16(8-6-15)11-20-14(4)18-13(3)19-20/h5-8,12,17H,9-11H2,1-4H3. The normalized spacial score (nSPS) is 11.2. The lowest BCUT2D eigenvalue weighted by atomic mass is 10.1. The fourth-order valence-corrected chi connectivity index (χ4v) is 2.15. The number of rotatable bonds is 6. The molecule has 0 aliphatic heterocycles. The third-order valence-electron chi connectivity index (χ3n) is 3.20. The molecule has 0 saturated carbocycles. The second-order valence-electron chi connectivity index (χ2n) is 5.71. The van der Waals surface area contributed by atoms with Crippen molar-refractivity contribution in [1.82, 2.24) is 20.1 Å². The summed E-state index contributed by atoms with van der Waals surface area (Å²) in [6, 6.07) is 8.70.